The van der Waals surface area contributed by atoms with Crippen LogP contribution in [-0.2, 0) is 14.6 Å². The third kappa shape index (κ3) is 4.37. The van der Waals surface area contributed by atoms with Crippen LogP contribution in [0.3, 0.4) is 0 Å². The number of hydrogen-bond donors (Lipinski definition) is 1. The topological polar surface area (TPSA) is 63.2 Å². The predicted octanol–water partition coefficient (Wildman–Crippen LogP) is 2.60. The van der Waals surface area contributed by atoms with E-state index in [0.717, 1.165) is 6.26 Å². The van der Waals surface area contributed by atoms with Crippen LogP contribution in [0.1, 0.15) is 25.5 Å². The number of amides is 1. The van der Waals surface area contributed by atoms with Gasteiger partial charge in [-0.15, -0.1) is 0 Å². The molecule has 0 heterocycles. The van der Waals surface area contributed by atoms with Crippen molar-refractivity contribution in [2.75, 3.05) is 6.26 Å². The van der Waals surface area contributed by atoms with Crippen molar-refractivity contribution < 1.29 is 13.2 Å². The molecule has 0 saturated carbocycles. The molecule has 2 atom stereocenters. The van der Waals surface area contributed by atoms with Gasteiger partial charge in [-0.05, 0) is 31.5 Å². The van der Waals surface area contributed by atoms with Crippen LogP contribution >= 0.6 is 23.2 Å². The molecule has 2 unspecified atom stereocenters. The lowest BCUT2D eigenvalue weighted by Gasteiger charge is -2.18. The highest BCUT2D eigenvalue weighted by molar-refractivity contribution is 7.92. The summed E-state index contributed by atoms with van der Waals surface area (Å²) in [5, 5.41) is 2.44. The lowest BCUT2D eigenvalue weighted by molar-refractivity contribution is -0.121. The molecule has 0 saturated heterocycles. The van der Waals surface area contributed by atoms with Crippen LogP contribution in [0.15, 0.2) is 18.2 Å². The van der Waals surface area contributed by atoms with Crippen LogP contribution < -0.4 is 5.32 Å². The minimum Gasteiger partial charge on any atom is -0.348 e. The molecule has 0 bridgehead atoms. The van der Waals surface area contributed by atoms with Crippen LogP contribution in [0, 0.1) is 0 Å². The fourth-order valence-corrected chi connectivity index (χ4v) is 2.48. The maximum Gasteiger partial charge on any atom is 0.238 e. The Balaban J connectivity index is 2.86. The predicted molar refractivity (Wildman–Crippen MR) is 77.3 cm³/mol. The number of carbonyl (C=O) groups excluding carboxylic acids is 1. The molecule has 0 aliphatic rings. The molecule has 1 N–H and O–H groups in total. The molecule has 0 spiro atoms. The summed E-state index contributed by atoms with van der Waals surface area (Å²) in [6.45, 7) is 3.07. The second-order valence-electron chi connectivity index (χ2n) is 4.37. The van der Waals surface area contributed by atoms with Crippen molar-refractivity contribution in [3.63, 3.8) is 0 Å². The number of hydrogen-bond acceptors (Lipinski definition) is 3. The van der Waals surface area contributed by atoms with Gasteiger partial charge in [-0.25, -0.2) is 8.42 Å². The summed E-state index contributed by atoms with van der Waals surface area (Å²) < 4.78 is 22.6. The molecule has 106 valence electrons. The molecular weight excluding hydrogens is 309 g/mol. The molecule has 19 heavy (non-hydrogen) atoms. The largest absolute Gasteiger partial charge is 0.348 e. The highest BCUT2D eigenvalue weighted by Crippen LogP contribution is 2.26. The summed E-state index contributed by atoms with van der Waals surface area (Å²) in [4.78, 5) is 11.8. The fraction of sp³-hybridized carbons (Fsp3) is 0.417. The zero-order valence-electron chi connectivity index (χ0n) is 10.8. The number of sulfone groups is 1. The summed E-state index contributed by atoms with van der Waals surface area (Å²) in [5.74, 6) is -0.555. The van der Waals surface area contributed by atoms with Gasteiger partial charge in [0, 0.05) is 16.3 Å². The number of halogens is 2. The second kappa shape index (κ2) is 6.11. The van der Waals surface area contributed by atoms with Gasteiger partial charge in [0.1, 0.15) is 5.25 Å². The molecule has 4 nitrogen and oxygen atoms in total. The SMILES string of the molecule is CC(NC(=O)C(C)S(C)(=O)=O)c1ccc(Cl)cc1Cl. The van der Waals surface area contributed by atoms with Crippen molar-refractivity contribution in [3.8, 4) is 0 Å². The van der Waals surface area contributed by atoms with E-state index >= 15 is 0 Å². The molecular formula is C12H15Cl2NO3S. The summed E-state index contributed by atoms with van der Waals surface area (Å²) in [6.07, 6.45) is 1.02. The molecule has 1 amide bonds. The van der Waals surface area contributed by atoms with E-state index in [0.29, 0.717) is 15.6 Å². The minimum atomic E-state index is -3.41. The van der Waals surface area contributed by atoms with E-state index < -0.39 is 27.0 Å². The van der Waals surface area contributed by atoms with Crippen molar-refractivity contribution in [3.05, 3.63) is 33.8 Å². The first kappa shape index (κ1) is 16.3. The summed E-state index contributed by atoms with van der Waals surface area (Å²) >= 11 is 11.8. The number of rotatable bonds is 4. The average molecular weight is 324 g/mol. The maximum atomic E-state index is 11.8. The lowest BCUT2D eigenvalue weighted by atomic mass is 10.1. The van der Waals surface area contributed by atoms with Crippen molar-refractivity contribution in [2.24, 2.45) is 0 Å². The molecule has 7 heteroatoms. The van der Waals surface area contributed by atoms with Crippen LogP contribution in [-0.4, -0.2) is 25.8 Å². The number of benzene rings is 1. The van der Waals surface area contributed by atoms with Gasteiger partial charge in [0.15, 0.2) is 9.84 Å². The Morgan fingerprint density at radius 2 is 1.84 bits per heavy atom. The minimum absolute atomic E-state index is 0.401. The van der Waals surface area contributed by atoms with E-state index in [1.807, 2.05) is 0 Å². The first-order valence-corrected chi connectivity index (χ1v) is 8.28. The van der Waals surface area contributed by atoms with Gasteiger partial charge in [-0.2, -0.15) is 0 Å². The van der Waals surface area contributed by atoms with Crippen molar-refractivity contribution >= 4 is 38.9 Å². The van der Waals surface area contributed by atoms with Crippen LogP contribution in [0.4, 0.5) is 0 Å². The molecule has 0 radical (unpaired) electrons. The van der Waals surface area contributed by atoms with E-state index in [9.17, 15) is 13.2 Å². The van der Waals surface area contributed by atoms with E-state index in [1.165, 1.54) is 6.92 Å². The third-order valence-electron chi connectivity index (χ3n) is 2.80. The molecule has 0 aliphatic carbocycles. The van der Waals surface area contributed by atoms with Gasteiger partial charge in [0.25, 0.3) is 0 Å². The van der Waals surface area contributed by atoms with Crippen molar-refractivity contribution in [2.45, 2.75) is 25.1 Å². The first-order valence-electron chi connectivity index (χ1n) is 5.57. The Kier molecular flexibility index (Phi) is 5.24. The smallest absolute Gasteiger partial charge is 0.238 e. The van der Waals surface area contributed by atoms with Gasteiger partial charge in [0.05, 0.1) is 6.04 Å². The van der Waals surface area contributed by atoms with Gasteiger partial charge >= 0.3 is 0 Å². The van der Waals surface area contributed by atoms with E-state index in [1.54, 1.807) is 25.1 Å². The molecule has 1 rings (SSSR count). The zero-order valence-corrected chi connectivity index (χ0v) is 13.1. The van der Waals surface area contributed by atoms with Gasteiger partial charge in [-0.1, -0.05) is 29.3 Å². The summed E-state index contributed by atoms with van der Waals surface area (Å²) in [5.41, 5.74) is 0.681. The van der Waals surface area contributed by atoms with Gasteiger partial charge < -0.3 is 5.32 Å². The Labute approximate surface area is 123 Å². The van der Waals surface area contributed by atoms with Crippen molar-refractivity contribution in [1.29, 1.82) is 0 Å². The monoisotopic (exact) mass is 323 g/mol. The molecule has 1 aromatic rings. The summed E-state index contributed by atoms with van der Waals surface area (Å²) in [7, 11) is -3.41. The average Bonchev–Trinajstić information content (AvgIpc) is 2.26. The zero-order chi connectivity index (χ0) is 14.8. The maximum absolute atomic E-state index is 11.8. The Morgan fingerprint density at radius 3 is 2.32 bits per heavy atom. The van der Waals surface area contributed by atoms with Gasteiger partial charge in [0.2, 0.25) is 5.91 Å². The van der Waals surface area contributed by atoms with E-state index in [-0.39, 0.29) is 0 Å². The number of nitrogens with one attached hydrogen (secondary N) is 1. The highest BCUT2D eigenvalue weighted by Gasteiger charge is 2.25. The van der Waals surface area contributed by atoms with Crippen LogP contribution in [0.25, 0.3) is 0 Å². The van der Waals surface area contributed by atoms with E-state index in [2.05, 4.69) is 5.32 Å². The standard InChI is InChI=1S/C12H15Cl2NO3S/c1-7(10-5-4-9(13)6-11(10)14)15-12(16)8(2)19(3,17)18/h4-8H,1-3H3,(H,15,16). The van der Waals surface area contributed by atoms with Gasteiger partial charge in [-0.3, -0.25) is 4.79 Å². The normalized spacial score (nSPS) is 14.8. The summed E-state index contributed by atoms with van der Waals surface area (Å²) in [6, 6.07) is 4.52. The first-order chi connectivity index (χ1) is 8.62. The highest BCUT2D eigenvalue weighted by atomic mass is 35.5. The van der Waals surface area contributed by atoms with Crippen molar-refractivity contribution in [1.82, 2.24) is 5.32 Å². The quantitative estimate of drug-likeness (QED) is 0.926. The Morgan fingerprint density at radius 1 is 1.26 bits per heavy atom. The molecule has 0 aliphatic heterocycles. The second-order valence-corrected chi connectivity index (χ2v) is 7.58. The number of carbonyl (C=O) groups is 1. The Bertz CT molecular complexity index is 587. The lowest BCUT2D eigenvalue weighted by Crippen LogP contribution is -2.38. The molecule has 0 fully saturated rings. The van der Waals surface area contributed by atoms with E-state index in [4.69, 9.17) is 23.2 Å². The fourth-order valence-electron chi connectivity index (χ4n) is 1.46. The van der Waals surface area contributed by atoms with Crippen LogP contribution in [0.5, 0.6) is 0 Å². The third-order valence-corrected chi connectivity index (χ3v) is 4.86. The molecule has 1 aromatic carbocycles. The van der Waals surface area contributed by atoms with Crippen LogP contribution in [0.2, 0.25) is 10.0 Å². The Hall–Kier alpha value is -0.780. The molecule has 0 aromatic heterocycles.